The van der Waals surface area contributed by atoms with Crippen molar-refractivity contribution in [3.05, 3.63) is 70.4 Å². The average molecular weight is 711 g/mol. The molecule has 3 amide bonds. The predicted molar refractivity (Wildman–Crippen MR) is 191 cm³/mol. The second-order valence-corrected chi connectivity index (χ2v) is 14.3. The fourth-order valence-electron chi connectivity index (χ4n) is 6.50. The van der Waals surface area contributed by atoms with Crippen LogP contribution in [0.3, 0.4) is 0 Å². The summed E-state index contributed by atoms with van der Waals surface area (Å²) in [5, 5.41) is 13.6. The van der Waals surface area contributed by atoms with Crippen LogP contribution in [-0.4, -0.2) is 88.0 Å². The lowest BCUT2D eigenvalue weighted by molar-refractivity contribution is -0.143. The Kier molecular flexibility index (Phi) is 13.1. The number of hydrogen-bond acceptors (Lipinski definition) is 8. The third kappa shape index (κ3) is 9.00. The van der Waals surface area contributed by atoms with Gasteiger partial charge in [-0.25, -0.2) is 4.98 Å². The van der Waals surface area contributed by atoms with Crippen LogP contribution in [0, 0.1) is 12.8 Å². The van der Waals surface area contributed by atoms with E-state index in [1.54, 1.807) is 22.3 Å². The maximum absolute atomic E-state index is 14.1. The van der Waals surface area contributed by atoms with Gasteiger partial charge in [0.1, 0.15) is 17.8 Å². The number of halogens is 1. The standard InChI is InChI=1S/C37H47ClN4O6S/c1-24(2)33(42-21-28-10-4-5-11-30(28)36(42)45)37(46)41-22-29(43)19-31(41)35(44)39-20-27-13-12-26(34-25(3)40-23-49-34)18-32(27)48-17-9-8-16-47-15-7-6-14-38/h4-5,10-13,18,23-24,29,31,33,43H,6-9,14-17,19-22H2,1-3H3,(H,39,44)/t29-,31+,33?/m1/s1. The van der Waals surface area contributed by atoms with Crippen LogP contribution in [0.25, 0.3) is 10.4 Å². The van der Waals surface area contributed by atoms with E-state index in [0.717, 1.165) is 52.9 Å². The number of ether oxygens (including phenoxy) is 2. The number of alkyl halides is 1. The number of carbonyl (C=O) groups excluding carboxylic acids is 3. The van der Waals surface area contributed by atoms with E-state index in [9.17, 15) is 19.5 Å². The van der Waals surface area contributed by atoms with Crippen LogP contribution in [0.5, 0.6) is 5.75 Å². The number of amides is 3. The molecule has 5 rings (SSSR count). The van der Waals surface area contributed by atoms with Gasteiger partial charge in [0.25, 0.3) is 5.91 Å². The van der Waals surface area contributed by atoms with Gasteiger partial charge < -0.3 is 29.7 Å². The third-order valence-corrected chi connectivity index (χ3v) is 10.3. The molecular formula is C37H47ClN4O6S. The van der Waals surface area contributed by atoms with Crippen LogP contribution in [0.2, 0.25) is 0 Å². The fourth-order valence-corrected chi connectivity index (χ4v) is 7.49. The number of rotatable bonds is 17. The molecule has 0 aliphatic carbocycles. The number of aryl methyl sites for hydroxylation is 1. The van der Waals surface area contributed by atoms with Gasteiger partial charge in [-0.3, -0.25) is 14.4 Å². The molecule has 0 spiro atoms. The Morgan fingerprint density at radius 2 is 1.86 bits per heavy atom. The minimum atomic E-state index is -0.864. The van der Waals surface area contributed by atoms with E-state index in [1.807, 2.05) is 62.7 Å². The Labute approximate surface area is 297 Å². The number of carbonyl (C=O) groups is 3. The fraction of sp³-hybridized carbons (Fsp3) is 0.514. The van der Waals surface area contributed by atoms with Crippen molar-refractivity contribution >= 4 is 40.7 Å². The topological polar surface area (TPSA) is 121 Å². The Bertz CT molecular complexity index is 1600. The van der Waals surface area contributed by atoms with Gasteiger partial charge in [0.2, 0.25) is 11.8 Å². The zero-order valence-corrected chi connectivity index (χ0v) is 30.1. The number of β-amino-alcohol motifs (C(OH)–C–C–N with tert-alkyl or cyclic N) is 1. The normalized spacial score (nSPS) is 17.9. The van der Waals surface area contributed by atoms with Gasteiger partial charge in [-0.1, -0.05) is 44.2 Å². The van der Waals surface area contributed by atoms with E-state index < -0.39 is 18.2 Å². The van der Waals surface area contributed by atoms with E-state index in [-0.39, 0.29) is 43.1 Å². The first-order valence-corrected chi connectivity index (χ1v) is 18.6. The number of thiazole rings is 1. The maximum Gasteiger partial charge on any atom is 0.255 e. The van der Waals surface area contributed by atoms with Crippen molar-refractivity contribution < 1.29 is 29.0 Å². The molecule has 3 heterocycles. The largest absolute Gasteiger partial charge is 0.493 e. The van der Waals surface area contributed by atoms with E-state index in [0.29, 0.717) is 43.6 Å². The Morgan fingerprint density at radius 3 is 2.57 bits per heavy atom. The molecule has 1 fully saturated rings. The summed E-state index contributed by atoms with van der Waals surface area (Å²) in [7, 11) is 0. The van der Waals surface area contributed by atoms with Crippen molar-refractivity contribution in [3.63, 3.8) is 0 Å². The lowest BCUT2D eigenvalue weighted by atomic mass is 10.0. The SMILES string of the molecule is Cc1ncsc1-c1ccc(CNC(=O)[C@@H]2C[C@@H](O)CN2C(=O)C(C(C)C)N2Cc3ccccc3C2=O)c(OCCCCOCCCCCl)c1. The monoisotopic (exact) mass is 710 g/mol. The molecule has 1 unspecified atom stereocenters. The summed E-state index contributed by atoms with van der Waals surface area (Å²) in [5.41, 5.74) is 6.01. The quantitative estimate of drug-likeness (QED) is 0.139. The lowest BCUT2D eigenvalue weighted by Crippen LogP contribution is -2.55. The summed E-state index contributed by atoms with van der Waals surface area (Å²) >= 11 is 7.29. The molecule has 10 nitrogen and oxygen atoms in total. The molecule has 2 N–H and O–H groups in total. The number of hydrogen-bond donors (Lipinski definition) is 2. The van der Waals surface area contributed by atoms with Crippen LogP contribution in [0.1, 0.15) is 73.1 Å². The smallest absolute Gasteiger partial charge is 0.255 e. The Balaban J connectivity index is 1.24. The first-order valence-electron chi connectivity index (χ1n) is 17.1. The van der Waals surface area contributed by atoms with E-state index >= 15 is 0 Å². The summed E-state index contributed by atoms with van der Waals surface area (Å²) in [4.78, 5) is 49.6. The molecule has 49 heavy (non-hydrogen) atoms. The van der Waals surface area contributed by atoms with Gasteiger partial charge in [-0.2, -0.15) is 0 Å². The number of nitrogens with one attached hydrogen (secondary N) is 1. The number of nitrogens with zero attached hydrogens (tertiary/aromatic N) is 3. The summed E-state index contributed by atoms with van der Waals surface area (Å²) in [6.07, 6.45) is 2.85. The maximum atomic E-state index is 14.1. The van der Waals surface area contributed by atoms with Crippen LogP contribution >= 0.6 is 22.9 Å². The van der Waals surface area contributed by atoms with E-state index in [2.05, 4.69) is 10.3 Å². The van der Waals surface area contributed by atoms with Crippen LogP contribution < -0.4 is 10.1 Å². The van der Waals surface area contributed by atoms with Gasteiger partial charge in [0.05, 0.1) is 28.8 Å². The summed E-state index contributed by atoms with van der Waals surface area (Å²) in [5.74, 6) is 0.235. The molecule has 0 bridgehead atoms. The summed E-state index contributed by atoms with van der Waals surface area (Å²) in [6, 6.07) is 11.7. The van der Waals surface area contributed by atoms with Crippen molar-refractivity contribution in [2.45, 2.75) is 84.2 Å². The molecular weight excluding hydrogens is 664 g/mol. The highest BCUT2D eigenvalue weighted by Gasteiger charge is 2.45. The van der Waals surface area contributed by atoms with Gasteiger partial charge in [-0.15, -0.1) is 22.9 Å². The highest BCUT2D eigenvalue weighted by molar-refractivity contribution is 7.13. The molecule has 0 saturated carbocycles. The molecule has 3 aromatic rings. The average Bonchev–Trinajstić information content (AvgIpc) is 3.79. The minimum Gasteiger partial charge on any atom is -0.493 e. The molecule has 3 atom stereocenters. The number of fused-ring (bicyclic) bond motifs is 1. The lowest BCUT2D eigenvalue weighted by Gasteiger charge is -2.35. The van der Waals surface area contributed by atoms with Crippen molar-refractivity contribution in [2.75, 3.05) is 32.2 Å². The van der Waals surface area contributed by atoms with Crippen LogP contribution in [0.15, 0.2) is 48.0 Å². The molecule has 2 aromatic carbocycles. The molecule has 264 valence electrons. The minimum absolute atomic E-state index is 0.0306. The van der Waals surface area contributed by atoms with Gasteiger partial charge in [-0.05, 0) is 61.8 Å². The number of aliphatic hydroxyl groups is 1. The number of aromatic nitrogens is 1. The van der Waals surface area contributed by atoms with E-state index in [1.165, 1.54) is 4.90 Å². The second kappa shape index (κ2) is 17.4. The van der Waals surface area contributed by atoms with Gasteiger partial charge in [0.15, 0.2) is 0 Å². The molecule has 1 saturated heterocycles. The predicted octanol–water partition coefficient (Wildman–Crippen LogP) is 5.57. The van der Waals surface area contributed by atoms with Crippen molar-refractivity contribution in [1.82, 2.24) is 20.1 Å². The first kappa shape index (κ1) is 36.8. The Morgan fingerprint density at radius 1 is 1.10 bits per heavy atom. The molecule has 2 aliphatic heterocycles. The summed E-state index contributed by atoms with van der Waals surface area (Å²) in [6.45, 7) is 8.17. The number of likely N-dealkylation sites (tertiary alicyclic amines) is 1. The van der Waals surface area contributed by atoms with Crippen LogP contribution in [-0.2, 0) is 27.4 Å². The highest BCUT2D eigenvalue weighted by atomic mass is 35.5. The third-order valence-electron chi connectivity index (χ3n) is 9.08. The number of aliphatic hydroxyl groups excluding tert-OH is 1. The summed E-state index contributed by atoms with van der Waals surface area (Å²) < 4.78 is 11.9. The van der Waals surface area contributed by atoms with Crippen molar-refractivity contribution in [1.29, 1.82) is 0 Å². The van der Waals surface area contributed by atoms with Gasteiger partial charge >= 0.3 is 0 Å². The molecule has 0 radical (unpaired) electrons. The zero-order chi connectivity index (χ0) is 34.9. The highest BCUT2D eigenvalue weighted by Crippen LogP contribution is 2.33. The molecule has 1 aromatic heterocycles. The second-order valence-electron chi connectivity index (χ2n) is 13.0. The Hall–Kier alpha value is -3.51. The number of unbranched alkanes of at least 4 members (excludes halogenated alkanes) is 2. The first-order chi connectivity index (χ1) is 23.7. The van der Waals surface area contributed by atoms with Crippen LogP contribution in [0.4, 0.5) is 0 Å². The van der Waals surface area contributed by atoms with E-state index in [4.69, 9.17) is 21.1 Å². The molecule has 12 heteroatoms. The zero-order valence-electron chi connectivity index (χ0n) is 28.5. The van der Waals surface area contributed by atoms with Crippen molar-refractivity contribution in [3.8, 4) is 16.2 Å². The van der Waals surface area contributed by atoms with Gasteiger partial charge in [0, 0.05) is 56.3 Å². The van der Waals surface area contributed by atoms with Crippen molar-refractivity contribution in [2.24, 2.45) is 5.92 Å². The molecule has 2 aliphatic rings. The number of benzene rings is 2.